The first kappa shape index (κ1) is 12.1. The fourth-order valence-electron chi connectivity index (χ4n) is 0.855. The summed E-state index contributed by atoms with van der Waals surface area (Å²) < 4.78 is 0. The lowest BCUT2D eigenvalue weighted by atomic mass is 10.1. The number of aromatic nitrogens is 2. The third-order valence-corrected chi connectivity index (χ3v) is 1.90. The number of carbonyl (C=O) groups is 2. The second-order valence-corrected chi connectivity index (χ2v) is 3.39. The maximum Gasteiger partial charge on any atom is 0.337 e. The van der Waals surface area contributed by atoms with Crippen LogP contribution in [-0.4, -0.2) is 44.4 Å². The van der Waals surface area contributed by atoms with Crippen molar-refractivity contribution in [3.63, 3.8) is 0 Å². The van der Waals surface area contributed by atoms with Crippen molar-refractivity contribution in [1.29, 1.82) is 0 Å². The van der Waals surface area contributed by atoms with Gasteiger partial charge in [-0.3, -0.25) is 4.79 Å². The van der Waals surface area contributed by atoms with Crippen molar-refractivity contribution in [2.45, 2.75) is 12.5 Å². The number of hydrogen-bond acceptors (Lipinski definition) is 5. The molecule has 1 atom stereocenters. The highest BCUT2D eigenvalue weighted by Crippen LogP contribution is 2.02. The van der Waals surface area contributed by atoms with E-state index in [0.29, 0.717) is 0 Å². The maximum absolute atomic E-state index is 11.4. The maximum atomic E-state index is 11.4. The summed E-state index contributed by atoms with van der Waals surface area (Å²) in [5.41, 5.74) is -1.74. The number of carboxylic acid groups (broad SMARTS) is 1. The van der Waals surface area contributed by atoms with E-state index < -0.39 is 17.5 Å². The number of nitrogens with one attached hydrogen (secondary N) is 1. The second kappa shape index (κ2) is 4.67. The number of hydrogen-bond donors (Lipinski definition) is 3. The third kappa shape index (κ3) is 2.99. The Labute approximate surface area is 91.1 Å². The molecule has 7 nitrogen and oxygen atoms in total. The van der Waals surface area contributed by atoms with E-state index in [-0.39, 0.29) is 12.1 Å². The van der Waals surface area contributed by atoms with Crippen molar-refractivity contribution in [3.8, 4) is 0 Å². The molecule has 1 amide bonds. The van der Waals surface area contributed by atoms with Gasteiger partial charge in [0, 0.05) is 0 Å². The van der Waals surface area contributed by atoms with Gasteiger partial charge in [-0.1, -0.05) is 0 Å². The largest absolute Gasteiger partial charge is 0.479 e. The number of rotatable bonds is 4. The molecule has 3 N–H and O–H groups in total. The Balaban J connectivity index is 2.58. The summed E-state index contributed by atoms with van der Waals surface area (Å²) in [6.07, 6.45) is 2.58. The van der Waals surface area contributed by atoms with E-state index in [4.69, 9.17) is 5.11 Å². The molecule has 0 saturated heterocycles. The number of aliphatic carboxylic acids is 1. The predicted octanol–water partition coefficient (Wildman–Crippen LogP) is -0.958. The van der Waals surface area contributed by atoms with Crippen molar-refractivity contribution in [2.75, 3.05) is 6.54 Å². The zero-order valence-corrected chi connectivity index (χ0v) is 8.54. The topological polar surface area (TPSA) is 112 Å². The summed E-state index contributed by atoms with van der Waals surface area (Å²) in [5.74, 6) is -1.92. The molecule has 1 unspecified atom stereocenters. The average Bonchev–Trinajstić information content (AvgIpc) is 2.27. The Bertz CT molecular complexity index is 391. The van der Waals surface area contributed by atoms with Crippen LogP contribution < -0.4 is 5.32 Å². The van der Waals surface area contributed by atoms with Gasteiger partial charge in [0.2, 0.25) is 0 Å². The van der Waals surface area contributed by atoms with E-state index in [1.165, 1.54) is 18.5 Å². The van der Waals surface area contributed by atoms with Gasteiger partial charge in [0.1, 0.15) is 0 Å². The van der Waals surface area contributed by atoms with Gasteiger partial charge in [-0.05, 0) is 13.0 Å². The van der Waals surface area contributed by atoms with E-state index in [1.807, 2.05) is 0 Å². The smallest absolute Gasteiger partial charge is 0.337 e. The Morgan fingerprint density at radius 2 is 2.19 bits per heavy atom. The molecule has 1 aromatic rings. The summed E-state index contributed by atoms with van der Waals surface area (Å²) >= 11 is 0. The fourth-order valence-corrected chi connectivity index (χ4v) is 0.855. The molecule has 0 aliphatic rings. The SMILES string of the molecule is CC(O)(CNC(=O)c1ccnnc1)C(=O)O. The van der Waals surface area contributed by atoms with Gasteiger partial charge in [0.05, 0.1) is 24.5 Å². The van der Waals surface area contributed by atoms with E-state index in [0.717, 1.165) is 6.92 Å². The third-order valence-electron chi connectivity index (χ3n) is 1.90. The average molecular weight is 225 g/mol. The van der Waals surface area contributed by atoms with Gasteiger partial charge in [-0.2, -0.15) is 10.2 Å². The summed E-state index contributed by atoms with van der Waals surface area (Å²) in [5, 5.41) is 27.2. The van der Waals surface area contributed by atoms with E-state index >= 15 is 0 Å². The molecule has 0 aliphatic carbocycles. The van der Waals surface area contributed by atoms with Crippen LogP contribution >= 0.6 is 0 Å². The lowest BCUT2D eigenvalue weighted by Crippen LogP contribution is -2.46. The van der Waals surface area contributed by atoms with Crippen LogP contribution in [0.25, 0.3) is 0 Å². The van der Waals surface area contributed by atoms with Crippen LogP contribution in [0.2, 0.25) is 0 Å². The first-order valence-corrected chi connectivity index (χ1v) is 4.44. The van der Waals surface area contributed by atoms with Crippen LogP contribution in [0.5, 0.6) is 0 Å². The van der Waals surface area contributed by atoms with Crippen molar-refractivity contribution < 1.29 is 19.8 Å². The minimum Gasteiger partial charge on any atom is -0.479 e. The van der Waals surface area contributed by atoms with Crippen molar-refractivity contribution in [2.24, 2.45) is 0 Å². The lowest BCUT2D eigenvalue weighted by molar-refractivity contribution is -0.155. The van der Waals surface area contributed by atoms with Crippen LogP contribution in [0.4, 0.5) is 0 Å². The van der Waals surface area contributed by atoms with Gasteiger partial charge in [-0.15, -0.1) is 0 Å². The molecule has 0 saturated carbocycles. The van der Waals surface area contributed by atoms with E-state index in [1.54, 1.807) is 0 Å². The number of carbonyl (C=O) groups excluding carboxylic acids is 1. The van der Waals surface area contributed by atoms with Gasteiger partial charge < -0.3 is 15.5 Å². The molecular formula is C9H11N3O4. The Kier molecular flexibility index (Phi) is 3.51. The summed E-state index contributed by atoms with van der Waals surface area (Å²) in [6, 6.07) is 1.43. The summed E-state index contributed by atoms with van der Waals surface area (Å²) in [4.78, 5) is 22.0. The normalized spacial score (nSPS) is 13.9. The number of amides is 1. The van der Waals surface area contributed by atoms with Crippen LogP contribution in [0.15, 0.2) is 18.5 Å². The highest BCUT2D eigenvalue weighted by atomic mass is 16.4. The Morgan fingerprint density at radius 3 is 2.69 bits per heavy atom. The Hall–Kier alpha value is -2.02. The molecule has 0 aromatic carbocycles. The minimum absolute atomic E-state index is 0.246. The van der Waals surface area contributed by atoms with Crippen LogP contribution in [0, 0.1) is 0 Å². The number of nitrogens with zero attached hydrogens (tertiary/aromatic N) is 2. The summed E-state index contributed by atoms with van der Waals surface area (Å²) in [6.45, 7) is 0.712. The van der Waals surface area contributed by atoms with Crippen molar-refractivity contribution in [1.82, 2.24) is 15.5 Å². The molecule has 16 heavy (non-hydrogen) atoms. The molecule has 0 radical (unpaired) electrons. The van der Waals surface area contributed by atoms with Crippen LogP contribution in [-0.2, 0) is 4.79 Å². The molecule has 1 rings (SSSR count). The van der Waals surface area contributed by atoms with Crippen LogP contribution in [0.1, 0.15) is 17.3 Å². The zero-order chi connectivity index (χ0) is 12.2. The predicted molar refractivity (Wildman–Crippen MR) is 52.6 cm³/mol. The first-order chi connectivity index (χ1) is 7.43. The second-order valence-electron chi connectivity index (χ2n) is 3.39. The molecule has 1 aromatic heterocycles. The fraction of sp³-hybridized carbons (Fsp3) is 0.333. The Morgan fingerprint density at radius 1 is 1.50 bits per heavy atom. The quantitative estimate of drug-likeness (QED) is 0.608. The number of aliphatic hydroxyl groups is 1. The molecule has 0 aliphatic heterocycles. The number of carboxylic acids is 1. The molecule has 86 valence electrons. The van der Waals surface area contributed by atoms with Gasteiger partial charge in [-0.25, -0.2) is 4.79 Å². The van der Waals surface area contributed by atoms with E-state index in [2.05, 4.69) is 15.5 Å². The molecule has 1 heterocycles. The van der Waals surface area contributed by atoms with Crippen LogP contribution in [0.3, 0.4) is 0 Å². The molecule has 0 spiro atoms. The van der Waals surface area contributed by atoms with Gasteiger partial charge >= 0.3 is 5.97 Å². The zero-order valence-electron chi connectivity index (χ0n) is 8.54. The van der Waals surface area contributed by atoms with Gasteiger partial charge in [0.15, 0.2) is 5.60 Å². The molecule has 0 bridgehead atoms. The first-order valence-electron chi connectivity index (χ1n) is 4.44. The monoisotopic (exact) mass is 225 g/mol. The standard InChI is InChI=1S/C9H11N3O4/c1-9(16,8(14)15)5-10-7(13)6-2-3-11-12-4-6/h2-4,16H,5H2,1H3,(H,10,13)(H,14,15). The van der Waals surface area contributed by atoms with Crippen molar-refractivity contribution in [3.05, 3.63) is 24.0 Å². The molecule has 0 fully saturated rings. The molecular weight excluding hydrogens is 214 g/mol. The summed E-state index contributed by atoms with van der Waals surface area (Å²) in [7, 11) is 0. The highest BCUT2D eigenvalue weighted by molar-refractivity contribution is 5.94. The molecule has 7 heteroatoms. The highest BCUT2D eigenvalue weighted by Gasteiger charge is 2.30. The van der Waals surface area contributed by atoms with Crippen molar-refractivity contribution >= 4 is 11.9 Å². The minimum atomic E-state index is -1.99. The van der Waals surface area contributed by atoms with Gasteiger partial charge in [0.25, 0.3) is 5.91 Å². The van der Waals surface area contributed by atoms with E-state index in [9.17, 15) is 14.7 Å². The lowest BCUT2D eigenvalue weighted by Gasteiger charge is -2.18.